The van der Waals surface area contributed by atoms with Crippen molar-refractivity contribution in [1.82, 2.24) is 4.90 Å². The Morgan fingerprint density at radius 2 is 1.91 bits per heavy atom. The summed E-state index contributed by atoms with van der Waals surface area (Å²) in [6.07, 6.45) is 12.1. The topological polar surface area (TPSA) is 109 Å². The minimum absolute atomic E-state index is 0.00376. The summed E-state index contributed by atoms with van der Waals surface area (Å²) in [6, 6.07) is 10.8. The zero-order chi connectivity index (χ0) is 30.5. The number of cyclic esters (lactones) is 1. The second kappa shape index (κ2) is 12.1. The highest BCUT2D eigenvalue weighted by Crippen LogP contribution is 2.57. The van der Waals surface area contributed by atoms with Gasteiger partial charge in [0.05, 0.1) is 32.3 Å². The van der Waals surface area contributed by atoms with E-state index in [9.17, 15) is 20.1 Å². The van der Waals surface area contributed by atoms with E-state index >= 15 is 0 Å². The van der Waals surface area contributed by atoms with Crippen LogP contribution in [0.1, 0.15) is 56.9 Å². The third kappa shape index (κ3) is 4.85. The van der Waals surface area contributed by atoms with Gasteiger partial charge in [0.1, 0.15) is 11.3 Å². The summed E-state index contributed by atoms with van der Waals surface area (Å²) in [5.41, 5.74) is 1.42. The van der Waals surface area contributed by atoms with Gasteiger partial charge in [-0.05, 0) is 73.8 Å². The number of nitrogens with zero attached hydrogens (tertiary/aromatic N) is 1. The summed E-state index contributed by atoms with van der Waals surface area (Å²) in [4.78, 5) is 15.2. The van der Waals surface area contributed by atoms with Crippen molar-refractivity contribution in [2.75, 3.05) is 26.9 Å². The molecule has 8 nitrogen and oxygen atoms in total. The number of hydrogen-bond donors (Lipinski definition) is 3. The molecule has 0 unspecified atom stereocenters. The van der Waals surface area contributed by atoms with E-state index in [4.69, 9.17) is 14.2 Å². The highest BCUT2D eigenvalue weighted by molar-refractivity contribution is 5.94. The van der Waals surface area contributed by atoms with Crippen molar-refractivity contribution >= 4 is 5.97 Å². The summed E-state index contributed by atoms with van der Waals surface area (Å²) >= 11 is 0. The number of fused-ring (bicyclic) bond motifs is 4. The van der Waals surface area contributed by atoms with Gasteiger partial charge in [0.2, 0.25) is 5.76 Å². The Labute approximate surface area is 259 Å². The van der Waals surface area contributed by atoms with Crippen LogP contribution in [0.25, 0.3) is 0 Å². The maximum Gasteiger partial charge on any atom is 0.345 e. The molecule has 4 aliphatic heterocycles. The number of carbonyl (C=O) groups is 1. The molecule has 44 heavy (non-hydrogen) atoms. The normalized spacial score (nSPS) is 39.2. The van der Waals surface area contributed by atoms with Crippen LogP contribution in [0.5, 0.6) is 0 Å². The van der Waals surface area contributed by atoms with Gasteiger partial charge in [-0.2, -0.15) is 0 Å². The minimum Gasteiger partial charge on any atom is -0.492 e. The number of allylic oxidation sites excluding steroid dienone is 1. The fraction of sp³-hybridized carbons (Fsp3) is 0.583. The molecule has 1 saturated carbocycles. The molecule has 10 atom stereocenters. The van der Waals surface area contributed by atoms with Crippen molar-refractivity contribution in [3.63, 3.8) is 0 Å². The first-order valence-corrected chi connectivity index (χ1v) is 16.4. The smallest absolute Gasteiger partial charge is 0.345 e. The lowest BCUT2D eigenvalue weighted by atomic mass is 9.67. The molecule has 1 aromatic carbocycles. The van der Waals surface area contributed by atoms with Crippen LogP contribution < -0.4 is 0 Å². The van der Waals surface area contributed by atoms with E-state index in [1.165, 1.54) is 12.7 Å². The monoisotopic (exact) mass is 603 g/mol. The average molecular weight is 604 g/mol. The van der Waals surface area contributed by atoms with Gasteiger partial charge in [-0.15, -0.1) is 0 Å². The first-order chi connectivity index (χ1) is 21.4. The van der Waals surface area contributed by atoms with Crippen molar-refractivity contribution in [3.8, 4) is 0 Å². The number of aliphatic hydroxyl groups excluding tert-OH is 3. The number of benzene rings is 1. The second-order valence-corrected chi connectivity index (χ2v) is 13.7. The number of esters is 1. The van der Waals surface area contributed by atoms with Crippen molar-refractivity contribution in [3.05, 3.63) is 82.7 Å². The lowest BCUT2D eigenvalue weighted by Gasteiger charge is -2.53. The summed E-state index contributed by atoms with van der Waals surface area (Å²) in [7, 11) is 1.44. The highest BCUT2D eigenvalue weighted by atomic mass is 16.6. The van der Waals surface area contributed by atoms with Crippen molar-refractivity contribution < 1.29 is 34.3 Å². The third-order valence-electron chi connectivity index (χ3n) is 11.4. The summed E-state index contributed by atoms with van der Waals surface area (Å²) in [5, 5.41) is 33.0. The molecule has 2 saturated heterocycles. The van der Waals surface area contributed by atoms with Crippen molar-refractivity contribution in [2.24, 2.45) is 35.5 Å². The largest absolute Gasteiger partial charge is 0.492 e. The number of methoxy groups -OCH3 is 1. The van der Waals surface area contributed by atoms with E-state index < -0.39 is 24.6 Å². The molecule has 3 fully saturated rings. The van der Waals surface area contributed by atoms with Crippen LogP contribution in [0.15, 0.2) is 77.2 Å². The molecule has 2 aliphatic carbocycles. The molecule has 0 amide bonds. The number of rotatable bonds is 6. The Hall–Kier alpha value is -2.91. The molecule has 0 aromatic heterocycles. The van der Waals surface area contributed by atoms with E-state index in [0.29, 0.717) is 29.4 Å². The van der Waals surface area contributed by atoms with Gasteiger partial charge in [0.25, 0.3) is 0 Å². The number of piperidine rings is 1. The van der Waals surface area contributed by atoms with Crippen LogP contribution in [0, 0.1) is 35.5 Å². The Bertz CT molecular complexity index is 1380. The lowest BCUT2D eigenvalue weighted by Crippen LogP contribution is -2.61. The van der Waals surface area contributed by atoms with Crippen LogP contribution in [-0.4, -0.2) is 71.2 Å². The summed E-state index contributed by atoms with van der Waals surface area (Å²) in [5.74, 6) is 2.02. The SMILES string of the molecule is COC1=C(CO)C(=O)OC1=C1OC2=CCCN3[C@@H]([C@@H](O)[C@@H]4C=CC[C@H](C)C4)[C@@H]4CC[C@H](c5ccccc5)[C@H]4C[C@@H]3[C@H]2[C@@H]1CO. The van der Waals surface area contributed by atoms with Gasteiger partial charge in [-0.25, -0.2) is 4.79 Å². The Balaban J connectivity index is 1.30. The van der Waals surface area contributed by atoms with Gasteiger partial charge in [0.15, 0.2) is 11.5 Å². The highest BCUT2D eigenvalue weighted by Gasteiger charge is 2.58. The average Bonchev–Trinajstić information content (AvgIpc) is 3.69. The number of ether oxygens (including phenoxy) is 3. The predicted molar refractivity (Wildman–Crippen MR) is 163 cm³/mol. The van der Waals surface area contributed by atoms with Crippen molar-refractivity contribution in [2.45, 2.75) is 69.6 Å². The summed E-state index contributed by atoms with van der Waals surface area (Å²) in [6.45, 7) is 2.39. The Kier molecular flexibility index (Phi) is 8.20. The van der Waals surface area contributed by atoms with E-state index in [-0.39, 0.29) is 47.6 Å². The molecule has 0 bridgehead atoms. The Morgan fingerprint density at radius 3 is 2.64 bits per heavy atom. The van der Waals surface area contributed by atoms with Crippen LogP contribution in [0.2, 0.25) is 0 Å². The molecule has 1 aromatic rings. The van der Waals surface area contributed by atoms with Crippen molar-refractivity contribution in [1.29, 1.82) is 0 Å². The quantitative estimate of drug-likeness (QED) is 0.324. The van der Waals surface area contributed by atoms with E-state index in [1.807, 2.05) is 0 Å². The first kappa shape index (κ1) is 29.8. The van der Waals surface area contributed by atoms with Crippen LogP contribution in [-0.2, 0) is 19.0 Å². The molecule has 0 spiro atoms. The lowest BCUT2D eigenvalue weighted by molar-refractivity contribution is -0.134. The molecule has 4 heterocycles. The maximum absolute atomic E-state index is 12.6. The van der Waals surface area contributed by atoms with E-state index in [0.717, 1.165) is 50.8 Å². The van der Waals surface area contributed by atoms with Gasteiger partial charge >= 0.3 is 5.97 Å². The molecule has 6 aliphatic rings. The van der Waals surface area contributed by atoms with E-state index in [2.05, 4.69) is 60.4 Å². The minimum atomic E-state index is -0.662. The van der Waals surface area contributed by atoms with Crippen LogP contribution in [0.3, 0.4) is 0 Å². The zero-order valence-corrected chi connectivity index (χ0v) is 25.7. The molecule has 7 rings (SSSR count). The second-order valence-electron chi connectivity index (χ2n) is 13.7. The molecule has 3 N–H and O–H groups in total. The fourth-order valence-electron chi connectivity index (χ4n) is 9.59. The van der Waals surface area contributed by atoms with Crippen LogP contribution >= 0.6 is 0 Å². The first-order valence-electron chi connectivity index (χ1n) is 16.4. The molecular formula is C36H45NO7. The number of hydrogen-bond acceptors (Lipinski definition) is 8. The predicted octanol–water partition coefficient (Wildman–Crippen LogP) is 4.41. The number of aliphatic hydroxyl groups is 3. The third-order valence-corrected chi connectivity index (χ3v) is 11.4. The fourth-order valence-corrected chi connectivity index (χ4v) is 9.59. The van der Waals surface area contributed by atoms with Gasteiger partial charge in [-0.1, -0.05) is 49.4 Å². The molecule has 236 valence electrons. The van der Waals surface area contributed by atoms with E-state index in [1.54, 1.807) is 0 Å². The Morgan fingerprint density at radius 1 is 1.09 bits per heavy atom. The zero-order valence-electron chi connectivity index (χ0n) is 25.7. The standard InChI is InChI=1S/C36H45NO7/c1-20-8-6-11-22(16-20)32(40)31-24-14-13-23(21-9-4-3-5-10-21)25(24)17-28-30-26(18-38)34(43-29(30)12-7-15-37(28)31)35-33(42-2)27(19-39)36(41)44-35/h3-6,9-12,20,22-26,28,30-32,38-40H,7-8,13-19H2,1-2H3/t20-,22+,23+,24+,25+,26-,28+,30+,31+,32-/m0/s1. The van der Waals surface area contributed by atoms with Gasteiger partial charge in [-0.3, -0.25) is 4.90 Å². The molecule has 0 radical (unpaired) electrons. The maximum atomic E-state index is 12.6. The number of carbonyl (C=O) groups excluding carboxylic acids is 1. The van der Waals surface area contributed by atoms with Gasteiger partial charge in [0, 0.05) is 30.5 Å². The molecule has 8 heteroatoms. The van der Waals surface area contributed by atoms with Gasteiger partial charge < -0.3 is 29.5 Å². The van der Waals surface area contributed by atoms with Crippen LogP contribution in [0.4, 0.5) is 0 Å². The summed E-state index contributed by atoms with van der Waals surface area (Å²) < 4.78 is 17.6. The molecular weight excluding hydrogens is 558 g/mol.